The summed E-state index contributed by atoms with van der Waals surface area (Å²) < 4.78 is 0. The van der Waals surface area contributed by atoms with Crippen LogP contribution in [0.25, 0.3) is 0 Å². The number of aryl methyl sites for hydroxylation is 1. The fourth-order valence-electron chi connectivity index (χ4n) is 1.87. The Morgan fingerprint density at radius 3 is 2.15 bits per heavy atom. The summed E-state index contributed by atoms with van der Waals surface area (Å²) in [6.07, 6.45) is 1.14. The van der Waals surface area contributed by atoms with Crippen molar-refractivity contribution in [1.29, 1.82) is 0 Å². The predicted octanol–water partition coefficient (Wildman–Crippen LogP) is 3.85. The third-order valence-electron chi connectivity index (χ3n) is 2.57. The summed E-state index contributed by atoms with van der Waals surface area (Å²) in [7, 11) is 0. The highest BCUT2D eigenvalue weighted by atomic mass is 14.2. The van der Waals surface area contributed by atoms with Gasteiger partial charge in [-0.1, -0.05) is 45.9 Å². The van der Waals surface area contributed by atoms with Gasteiger partial charge in [0.15, 0.2) is 0 Å². The largest absolute Gasteiger partial charge is 0.0617 e. The first-order chi connectivity index (χ1) is 5.96. The van der Waals surface area contributed by atoms with Gasteiger partial charge in [0.2, 0.25) is 0 Å². The number of rotatable bonds is 1. The zero-order valence-corrected chi connectivity index (χ0v) is 9.44. The van der Waals surface area contributed by atoms with Crippen LogP contribution in [0.4, 0.5) is 0 Å². The Morgan fingerprint density at radius 2 is 1.77 bits per heavy atom. The van der Waals surface area contributed by atoms with Crippen molar-refractivity contribution in [1.82, 2.24) is 0 Å². The van der Waals surface area contributed by atoms with Crippen molar-refractivity contribution in [3.8, 4) is 0 Å². The van der Waals surface area contributed by atoms with Gasteiger partial charge in [-0.15, -0.1) is 0 Å². The fraction of sp³-hybridized carbons (Fsp3) is 0.538. The number of hydrogen-bond acceptors (Lipinski definition) is 0. The zero-order chi connectivity index (χ0) is 10.1. The van der Waals surface area contributed by atoms with E-state index in [1.165, 1.54) is 16.7 Å². The minimum atomic E-state index is 0.275. The Balaban J connectivity index is 3.29. The summed E-state index contributed by atoms with van der Waals surface area (Å²) in [5, 5.41) is 0. The molecule has 13 heavy (non-hydrogen) atoms. The normalized spacial score (nSPS) is 11.8. The van der Waals surface area contributed by atoms with E-state index in [0.29, 0.717) is 0 Å². The second-order valence-corrected chi connectivity index (χ2v) is 4.70. The summed E-state index contributed by atoms with van der Waals surface area (Å²) in [5.74, 6) is 0. The van der Waals surface area contributed by atoms with Crippen LogP contribution in [0.15, 0.2) is 18.2 Å². The third-order valence-corrected chi connectivity index (χ3v) is 2.57. The van der Waals surface area contributed by atoms with Crippen molar-refractivity contribution in [3.05, 3.63) is 34.9 Å². The standard InChI is InChI=1S/C13H20/c1-6-11-10(2)8-7-9-12(11)13(3,4)5/h7-9H,6H2,1-5H3. The maximum absolute atomic E-state index is 2.28. The highest BCUT2D eigenvalue weighted by Gasteiger charge is 2.17. The SMILES string of the molecule is CCc1c(C)cccc1C(C)(C)C. The quantitative estimate of drug-likeness (QED) is 0.609. The Bertz CT molecular complexity index is 289. The highest BCUT2D eigenvalue weighted by molar-refractivity contribution is 5.38. The van der Waals surface area contributed by atoms with E-state index in [2.05, 4.69) is 52.8 Å². The van der Waals surface area contributed by atoms with Crippen LogP contribution in [0.5, 0.6) is 0 Å². The second-order valence-electron chi connectivity index (χ2n) is 4.70. The van der Waals surface area contributed by atoms with E-state index in [4.69, 9.17) is 0 Å². The molecule has 0 nitrogen and oxygen atoms in total. The Kier molecular flexibility index (Phi) is 2.80. The Labute approximate surface area is 82.0 Å². The molecule has 0 unspecified atom stereocenters. The van der Waals surface area contributed by atoms with Crippen molar-refractivity contribution < 1.29 is 0 Å². The molecule has 0 N–H and O–H groups in total. The average Bonchev–Trinajstić information content (AvgIpc) is 2.02. The van der Waals surface area contributed by atoms with E-state index >= 15 is 0 Å². The lowest BCUT2D eigenvalue weighted by molar-refractivity contribution is 0.582. The lowest BCUT2D eigenvalue weighted by Gasteiger charge is -2.23. The molecule has 0 fully saturated rings. The van der Waals surface area contributed by atoms with Gasteiger partial charge in [0, 0.05) is 0 Å². The molecule has 1 aromatic rings. The van der Waals surface area contributed by atoms with Crippen molar-refractivity contribution in [3.63, 3.8) is 0 Å². The number of hydrogen-bond donors (Lipinski definition) is 0. The molecule has 1 aromatic carbocycles. The first kappa shape index (κ1) is 10.3. The lowest BCUT2D eigenvalue weighted by atomic mass is 9.81. The van der Waals surface area contributed by atoms with Gasteiger partial charge in [0.25, 0.3) is 0 Å². The number of benzene rings is 1. The van der Waals surface area contributed by atoms with Gasteiger partial charge >= 0.3 is 0 Å². The highest BCUT2D eigenvalue weighted by Crippen LogP contribution is 2.27. The molecule has 0 radical (unpaired) electrons. The molecule has 0 aliphatic rings. The molecule has 0 amide bonds. The van der Waals surface area contributed by atoms with Crippen molar-refractivity contribution >= 4 is 0 Å². The Hall–Kier alpha value is -0.780. The second kappa shape index (κ2) is 3.53. The van der Waals surface area contributed by atoms with E-state index in [0.717, 1.165) is 6.42 Å². The van der Waals surface area contributed by atoms with Gasteiger partial charge < -0.3 is 0 Å². The molecule has 0 saturated carbocycles. The molecule has 72 valence electrons. The van der Waals surface area contributed by atoms with Gasteiger partial charge in [-0.05, 0) is 35.4 Å². The van der Waals surface area contributed by atoms with E-state index in [9.17, 15) is 0 Å². The molecule has 0 aromatic heterocycles. The van der Waals surface area contributed by atoms with Crippen LogP contribution < -0.4 is 0 Å². The molecule has 0 heterocycles. The first-order valence-corrected chi connectivity index (χ1v) is 5.05. The molecule has 0 bridgehead atoms. The summed E-state index contributed by atoms with van der Waals surface area (Å²) >= 11 is 0. The van der Waals surface area contributed by atoms with Gasteiger partial charge in [0.05, 0.1) is 0 Å². The fourth-order valence-corrected chi connectivity index (χ4v) is 1.87. The van der Waals surface area contributed by atoms with E-state index in [1.54, 1.807) is 0 Å². The van der Waals surface area contributed by atoms with Gasteiger partial charge in [-0.25, -0.2) is 0 Å². The van der Waals surface area contributed by atoms with Gasteiger partial charge in [0.1, 0.15) is 0 Å². The lowest BCUT2D eigenvalue weighted by Crippen LogP contribution is -2.14. The van der Waals surface area contributed by atoms with Crippen molar-refractivity contribution in [2.45, 2.75) is 46.5 Å². The topological polar surface area (TPSA) is 0 Å². The van der Waals surface area contributed by atoms with Gasteiger partial charge in [-0.3, -0.25) is 0 Å². The minimum absolute atomic E-state index is 0.275. The smallest absolute Gasteiger partial charge is 0.0129 e. The van der Waals surface area contributed by atoms with Gasteiger partial charge in [-0.2, -0.15) is 0 Å². The maximum Gasteiger partial charge on any atom is -0.0129 e. The van der Waals surface area contributed by atoms with Crippen LogP contribution >= 0.6 is 0 Å². The van der Waals surface area contributed by atoms with Crippen LogP contribution in [0.3, 0.4) is 0 Å². The summed E-state index contributed by atoms with van der Waals surface area (Å²) in [6.45, 7) is 11.3. The van der Waals surface area contributed by atoms with Crippen molar-refractivity contribution in [2.24, 2.45) is 0 Å². The van der Waals surface area contributed by atoms with Crippen LogP contribution in [0.2, 0.25) is 0 Å². The van der Waals surface area contributed by atoms with E-state index in [1.807, 2.05) is 0 Å². The maximum atomic E-state index is 2.28. The van der Waals surface area contributed by atoms with Crippen molar-refractivity contribution in [2.75, 3.05) is 0 Å². The van der Waals surface area contributed by atoms with Crippen LogP contribution in [0, 0.1) is 6.92 Å². The molecule has 0 spiro atoms. The summed E-state index contributed by atoms with van der Waals surface area (Å²) in [5.41, 5.74) is 4.72. The molecule has 0 aliphatic heterocycles. The van der Waals surface area contributed by atoms with E-state index in [-0.39, 0.29) is 5.41 Å². The summed E-state index contributed by atoms with van der Waals surface area (Å²) in [4.78, 5) is 0. The summed E-state index contributed by atoms with van der Waals surface area (Å²) in [6, 6.07) is 6.62. The molecule has 0 saturated heterocycles. The molecule has 1 rings (SSSR count). The first-order valence-electron chi connectivity index (χ1n) is 5.05. The molecule has 0 aliphatic carbocycles. The average molecular weight is 176 g/mol. The molecular formula is C13H20. The monoisotopic (exact) mass is 176 g/mol. The van der Waals surface area contributed by atoms with Crippen LogP contribution in [0.1, 0.15) is 44.4 Å². The van der Waals surface area contributed by atoms with Crippen LogP contribution in [-0.4, -0.2) is 0 Å². The predicted molar refractivity (Wildman–Crippen MR) is 59.3 cm³/mol. The Morgan fingerprint density at radius 1 is 1.15 bits per heavy atom. The molecular weight excluding hydrogens is 156 g/mol. The molecule has 0 atom stereocenters. The van der Waals surface area contributed by atoms with E-state index < -0.39 is 0 Å². The minimum Gasteiger partial charge on any atom is -0.0617 e. The zero-order valence-electron chi connectivity index (χ0n) is 9.44. The third kappa shape index (κ3) is 2.12. The van der Waals surface area contributed by atoms with Crippen LogP contribution in [-0.2, 0) is 11.8 Å². The molecule has 0 heteroatoms.